The second-order valence-corrected chi connectivity index (χ2v) is 2.89. The molecule has 0 radical (unpaired) electrons. The van der Waals surface area contributed by atoms with Crippen LogP contribution in [-0.4, -0.2) is 22.5 Å². The summed E-state index contributed by atoms with van der Waals surface area (Å²) in [6, 6.07) is 0. The molecule has 0 aromatic carbocycles. The number of alkyl halides is 3. The van der Waals surface area contributed by atoms with Gasteiger partial charge in [0.15, 0.2) is 0 Å². The van der Waals surface area contributed by atoms with Crippen LogP contribution in [0.25, 0.3) is 0 Å². The maximum absolute atomic E-state index is 11.8. The van der Waals surface area contributed by atoms with E-state index in [1.54, 1.807) is 0 Å². The van der Waals surface area contributed by atoms with Crippen LogP contribution in [0.3, 0.4) is 0 Å². The molecule has 2 N–H and O–H groups in total. The number of nitrogens with zero attached hydrogens (tertiary/aromatic N) is 2. The highest BCUT2D eigenvalue weighted by Gasteiger charge is 2.27. The number of aryl methyl sites for hydroxylation is 1. The predicted molar refractivity (Wildman–Crippen MR) is 44.2 cm³/mol. The summed E-state index contributed by atoms with van der Waals surface area (Å²) in [4.78, 5) is 11.0. The van der Waals surface area contributed by atoms with Crippen LogP contribution in [-0.2, 0) is 13.0 Å². The van der Waals surface area contributed by atoms with Crippen LogP contribution >= 0.6 is 0 Å². The zero-order valence-electron chi connectivity index (χ0n) is 7.75. The monoisotopic (exact) mass is 225 g/mol. The summed E-state index contributed by atoms with van der Waals surface area (Å²) in [6.07, 6.45) is -5.19. The van der Waals surface area contributed by atoms with Crippen molar-refractivity contribution in [1.29, 1.82) is 0 Å². The Morgan fingerprint density at radius 2 is 2.13 bits per heavy atom. The van der Waals surface area contributed by atoms with E-state index in [2.05, 4.69) is 9.52 Å². The molecule has 15 heavy (non-hydrogen) atoms. The molecule has 0 fully saturated rings. The third-order valence-corrected chi connectivity index (χ3v) is 1.61. The molecule has 0 bridgehead atoms. The van der Waals surface area contributed by atoms with Gasteiger partial charge in [-0.05, 0) is 0 Å². The first-order valence-corrected chi connectivity index (χ1v) is 4.26. The molecule has 0 unspecified atom stereocenters. The molecule has 0 atom stereocenters. The summed E-state index contributed by atoms with van der Waals surface area (Å²) >= 11 is 0. The number of hydrogen-bond acceptors (Lipinski definition) is 4. The quantitative estimate of drug-likeness (QED) is 0.799. The summed E-state index contributed by atoms with van der Waals surface area (Å²) in [7, 11) is 0. The van der Waals surface area contributed by atoms with Crippen LogP contribution in [0.2, 0.25) is 0 Å². The Labute approximate surface area is 82.7 Å². The molecule has 0 amide bonds. The first-order valence-electron chi connectivity index (χ1n) is 4.26. The molecule has 0 aliphatic carbocycles. The minimum Gasteiger partial charge on any atom is -0.392 e. The van der Waals surface area contributed by atoms with Crippen LogP contribution in [0, 0.1) is 0 Å². The number of nitrogens with two attached hydrogens (primary N) is 1. The van der Waals surface area contributed by atoms with Gasteiger partial charge in [0.2, 0.25) is 5.89 Å². The summed E-state index contributed by atoms with van der Waals surface area (Å²) in [5.41, 5.74) is 5.17. The molecule has 1 rings (SSSR count). The highest BCUT2D eigenvalue weighted by atomic mass is 19.4. The average molecular weight is 225 g/mol. The topological polar surface area (TPSA) is 74.0 Å². The molecule has 1 aromatic rings. The number of halogens is 3. The van der Waals surface area contributed by atoms with Gasteiger partial charge in [-0.1, -0.05) is 0 Å². The molecule has 0 saturated heterocycles. The van der Waals surface area contributed by atoms with Gasteiger partial charge in [-0.15, -0.1) is 5.10 Å². The smallest absolute Gasteiger partial charge is 0.392 e. The van der Waals surface area contributed by atoms with Crippen molar-refractivity contribution in [2.75, 3.05) is 6.54 Å². The molecule has 0 aliphatic heterocycles. The first-order chi connectivity index (χ1) is 6.92. The lowest BCUT2D eigenvalue weighted by Crippen LogP contribution is -2.20. The third-order valence-electron chi connectivity index (χ3n) is 1.61. The summed E-state index contributed by atoms with van der Waals surface area (Å²) in [5, 5.41) is 3.56. The van der Waals surface area contributed by atoms with Crippen LogP contribution in [0.15, 0.2) is 9.21 Å². The van der Waals surface area contributed by atoms with Gasteiger partial charge in [0.05, 0.1) is 13.0 Å². The lowest BCUT2D eigenvalue weighted by molar-refractivity contribution is -0.137. The molecule has 1 aromatic heterocycles. The summed E-state index contributed by atoms with van der Waals surface area (Å²) in [5.74, 6) is -0.827. The molecule has 8 heteroatoms. The molecule has 0 aliphatic rings. The second kappa shape index (κ2) is 4.47. The highest BCUT2D eigenvalue weighted by molar-refractivity contribution is 4.75. The van der Waals surface area contributed by atoms with E-state index in [1.165, 1.54) is 0 Å². The molecule has 86 valence electrons. The zero-order valence-corrected chi connectivity index (χ0v) is 7.75. The summed E-state index contributed by atoms with van der Waals surface area (Å²) < 4.78 is 40.7. The molecule has 0 spiro atoms. The van der Waals surface area contributed by atoms with E-state index in [1.807, 2.05) is 0 Å². The van der Waals surface area contributed by atoms with Gasteiger partial charge < -0.3 is 10.2 Å². The van der Waals surface area contributed by atoms with Gasteiger partial charge in [0, 0.05) is 13.0 Å². The van der Waals surface area contributed by atoms with Crippen LogP contribution in [0.5, 0.6) is 0 Å². The Morgan fingerprint density at radius 3 is 2.67 bits per heavy atom. The predicted octanol–water partition coefficient (Wildman–Crippen LogP) is 0.290. The Balaban J connectivity index is 2.65. The van der Waals surface area contributed by atoms with E-state index < -0.39 is 24.9 Å². The van der Waals surface area contributed by atoms with Crippen LogP contribution in [0.1, 0.15) is 12.3 Å². The van der Waals surface area contributed by atoms with Gasteiger partial charge in [0.1, 0.15) is 0 Å². The van der Waals surface area contributed by atoms with Gasteiger partial charge in [-0.25, -0.2) is 4.79 Å². The molecular weight excluding hydrogens is 215 g/mol. The molecule has 5 nitrogen and oxygen atoms in total. The maximum Gasteiger partial charge on any atom is 0.437 e. The van der Waals surface area contributed by atoms with Crippen molar-refractivity contribution in [1.82, 2.24) is 9.78 Å². The fourth-order valence-corrected chi connectivity index (χ4v) is 0.948. The lowest BCUT2D eigenvalue weighted by Gasteiger charge is -2.03. The van der Waals surface area contributed by atoms with E-state index in [0.717, 1.165) is 0 Å². The normalized spacial score (nSPS) is 12.0. The van der Waals surface area contributed by atoms with E-state index in [9.17, 15) is 18.0 Å². The van der Waals surface area contributed by atoms with Crippen molar-refractivity contribution in [2.24, 2.45) is 5.73 Å². The average Bonchev–Trinajstić information content (AvgIpc) is 2.42. The second-order valence-electron chi connectivity index (χ2n) is 2.89. The number of rotatable bonds is 4. The SMILES string of the molecule is NCCc1nn(CCC(F)(F)F)c(=O)o1. The Hall–Kier alpha value is -1.31. The highest BCUT2D eigenvalue weighted by Crippen LogP contribution is 2.19. The van der Waals surface area contributed by atoms with E-state index >= 15 is 0 Å². The van der Waals surface area contributed by atoms with E-state index in [0.29, 0.717) is 4.68 Å². The van der Waals surface area contributed by atoms with Crippen molar-refractivity contribution in [3.63, 3.8) is 0 Å². The Bertz CT molecular complexity index is 368. The van der Waals surface area contributed by atoms with Crippen LogP contribution < -0.4 is 11.5 Å². The molecular formula is C7H10F3N3O2. The van der Waals surface area contributed by atoms with E-state index in [-0.39, 0.29) is 18.9 Å². The number of hydrogen-bond donors (Lipinski definition) is 1. The lowest BCUT2D eigenvalue weighted by atomic mass is 10.4. The van der Waals surface area contributed by atoms with Crippen molar-refractivity contribution in [2.45, 2.75) is 25.6 Å². The zero-order chi connectivity index (χ0) is 11.5. The maximum atomic E-state index is 11.8. The van der Waals surface area contributed by atoms with Crippen molar-refractivity contribution in [3.8, 4) is 0 Å². The standard InChI is InChI=1S/C7H10F3N3O2/c8-7(9,10)2-4-13-6(14)15-5(12-13)1-3-11/h1-4,11H2. The van der Waals surface area contributed by atoms with Gasteiger partial charge in [-0.2, -0.15) is 17.9 Å². The van der Waals surface area contributed by atoms with Gasteiger partial charge >= 0.3 is 11.9 Å². The van der Waals surface area contributed by atoms with Crippen molar-refractivity contribution in [3.05, 3.63) is 16.4 Å². The fourth-order valence-electron chi connectivity index (χ4n) is 0.948. The largest absolute Gasteiger partial charge is 0.437 e. The van der Waals surface area contributed by atoms with Crippen molar-refractivity contribution >= 4 is 0 Å². The van der Waals surface area contributed by atoms with E-state index in [4.69, 9.17) is 5.73 Å². The number of aromatic nitrogens is 2. The molecule has 1 heterocycles. The fraction of sp³-hybridized carbons (Fsp3) is 0.714. The Morgan fingerprint density at radius 1 is 1.47 bits per heavy atom. The van der Waals surface area contributed by atoms with Crippen molar-refractivity contribution < 1.29 is 17.6 Å². The van der Waals surface area contributed by atoms with Gasteiger partial charge in [-0.3, -0.25) is 0 Å². The molecule has 0 saturated carbocycles. The minimum absolute atomic E-state index is 0.0599. The van der Waals surface area contributed by atoms with Gasteiger partial charge in [0.25, 0.3) is 0 Å². The van der Waals surface area contributed by atoms with Crippen LogP contribution in [0.4, 0.5) is 13.2 Å². The Kier molecular flexibility index (Phi) is 3.51. The third kappa shape index (κ3) is 3.74. The first kappa shape index (κ1) is 11.8. The summed E-state index contributed by atoms with van der Waals surface area (Å²) in [6.45, 7) is -0.310. The minimum atomic E-state index is -4.31.